The standard InChI is InChI=1S/C26H22FN3O4S/c1-33-21-14-10-19(11-15-21)29-24(31)23(17-6-4-3-5-7-17)34-25(32)22-16-28-26(35-2)30(22)20-12-8-18(27)9-13-20/h3-16,23H,1-2H3,(H,29,31). The Kier molecular flexibility index (Phi) is 7.47. The Hall–Kier alpha value is -4.11. The molecule has 1 unspecified atom stereocenters. The first-order valence-electron chi connectivity index (χ1n) is 10.6. The highest BCUT2D eigenvalue weighted by molar-refractivity contribution is 7.98. The Bertz CT molecular complexity index is 1310. The average molecular weight is 492 g/mol. The molecule has 1 aromatic heterocycles. The summed E-state index contributed by atoms with van der Waals surface area (Å²) in [6, 6.07) is 21.2. The smallest absolute Gasteiger partial charge is 0.358 e. The van der Waals surface area contributed by atoms with Crippen LogP contribution in [0.1, 0.15) is 22.2 Å². The van der Waals surface area contributed by atoms with E-state index in [2.05, 4.69) is 10.3 Å². The van der Waals surface area contributed by atoms with Crippen molar-refractivity contribution in [3.05, 3.63) is 102 Å². The number of thioether (sulfide) groups is 1. The first-order chi connectivity index (χ1) is 17.0. The third kappa shape index (κ3) is 5.52. The van der Waals surface area contributed by atoms with E-state index >= 15 is 0 Å². The van der Waals surface area contributed by atoms with Crippen molar-refractivity contribution in [1.29, 1.82) is 0 Å². The number of nitrogens with zero attached hydrogens (tertiary/aromatic N) is 2. The zero-order valence-electron chi connectivity index (χ0n) is 19.0. The minimum Gasteiger partial charge on any atom is -0.497 e. The minimum atomic E-state index is -1.22. The number of methoxy groups -OCH3 is 1. The molecule has 178 valence electrons. The third-order valence-electron chi connectivity index (χ3n) is 5.13. The monoisotopic (exact) mass is 491 g/mol. The van der Waals surface area contributed by atoms with Gasteiger partial charge in [0.1, 0.15) is 11.6 Å². The topological polar surface area (TPSA) is 82.4 Å². The average Bonchev–Trinajstić information content (AvgIpc) is 3.33. The number of carbonyl (C=O) groups is 2. The molecule has 1 N–H and O–H groups in total. The van der Waals surface area contributed by atoms with E-state index in [1.165, 1.54) is 30.1 Å². The van der Waals surface area contributed by atoms with Crippen LogP contribution in [0.3, 0.4) is 0 Å². The highest BCUT2D eigenvalue weighted by atomic mass is 32.2. The lowest BCUT2D eigenvalue weighted by Gasteiger charge is -2.19. The fraction of sp³-hybridized carbons (Fsp3) is 0.115. The second kappa shape index (κ2) is 10.9. The molecule has 7 nitrogen and oxygen atoms in total. The van der Waals surface area contributed by atoms with Crippen molar-refractivity contribution < 1.29 is 23.5 Å². The van der Waals surface area contributed by atoms with Crippen LogP contribution in [0.25, 0.3) is 5.69 Å². The van der Waals surface area contributed by atoms with Gasteiger partial charge >= 0.3 is 5.97 Å². The van der Waals surface area contributed by atoms with E-state index in [1.807, 2.05) is 6.26 Å². The molecule has 1 heterocycles. The molecule has 0 saturated heterocycles. The van der Waals surface area contributed by atoms with Crippen molar-refractivity contribution in [1.82, 2.24) is 9.55 Å². The molecule has 35 heavy (non-hydrogen) atoms. The Labute approximate surface area is 205 Å². The van der Waals surface area contributed by atoms with Crippen LogP contribution >= 0.6 is 11.8 Å². The quantitative estimate of drug-likeness (QED) is 0.267. The second-order valence-electron chi connectivity index (χ2n) is 7.36. The van der Waals surface area contributed by atoms with E-state index in [1.54, 1.807) is 78.4 Å². The van der Waals surface area contributed by atoms with Gasteiger partial charge in [0.2, 0.25) is 6.10 Å². The first-order valence-corrected chi connectivity index (χ1v) is 11.8. The maximum Gasteiger partial charge on any atom is 0.358 e. The largest absolute Gasteiger partial charge is 0.497 e. The molecule has 1 atom stereocenters. The zero-order valence-corrected chi connectivity index (χ0v) is 19.8. The van der Waals surface area contributed by atoms with E-state index in [0.29, 0.717) is 27.8 Å². The fourth-order valence-electron chi connectivity index (χ4n) is 3.41. The number of imidazole rings is 1. The molecule has 0 fully saturated rings. The predicted octanol–water partition coefficient (Wildman–Crippen LogP) is 5.28. The van der Waals surface area contributed by atoms with Crippen LogP contribution in [-0.4, -0.2) is 34.8 Å². The lowest BCUT2D eigenvalue weighted by atomic mass is 10.1. The number of ether oxygens (including phenoxy) is 2. The summed E-state index contributed by atoms with van der Waals surface area (Å²) >= 11 is 1.32. The van der Waals surface area contributed by atoms with Crippen LogP contribution in [0.4, 0.5) is 10.1 Å². The lowest BCUT2D eigenvalue weighted by molar-refractivity contribution is -0.125. The van der Waals surface area contributed by atoms with Gasteiger partial charge < -0.3 is 14.8 Å². The number of anilines is 1. The highest BCUT2D eigenvalue weighted by Crippen LogP contribution is 2.26. The summed E-state index contributed by atoms with van der Waals surface area (Å²) in [4.78, 5) is 30.8. The molecular formula is C26H22FN3O4S. The van der Waals surface area contributed by atoms with Gasteiger partial charge in [-0.3, -0.25) is 9.36 Å². The summed E-state index contributed by atoms with van der Waals surface area (Å²) in [5.74, 6) is -1.02. The normalized spacial score (nSPS) is 11.5. The van der Waals surface area contributed by atoms with Gasteiger partial charge in [-0.05, 0) is 54.8 Å². The van der Waals surface area contributed by atoms with Crippen LogP contribution in [0.2, 0.25) is 0 Å². The summed E-state index contributed by atoms with van der Waals surface area (Å²) in [5, 5.41) is 3.29. The van der Waals surface area contributed by atoms with E-state index in [9.17, 15) is 14.0 Å². The van der Waals surface area contributed by atoms with Crippen LogP contribution in [0, 0.1) is 5.82 Å². The summed E-state index contributed by atoms with van der Waals surface area (Å²) in [5.41, 5.74) is 1.68. The number of aromatic nitrogens is 2. The molecule has 3 aromatic carbocycles. The summed E-state index contributed by atoms with van der Waals surface area (Å²) in [6.07, 6.45) is 1.97. The molecular weight excluding hydrogens is 469 g/mol. The van der Waals surface area contributed by atoms with Gasteiger partial charge in [-0.15, -0.1) is 0 Å². The molecule has 0 bridgehead atoms. The van der Waals surface area contributed by atoms with Crippen molar-refractivity contribution in [2.24, 2.45) is 0 Å². The number of halogens is 1. The van der Waals surface area contributed by atoms with E-state index < -0.39 is 23.8 Å². The number of hydrogen-bond donors (Lipinski definition) is 1. The molecule has 0 spiro atoms. The predicted molar refractivity (Wildman–Crippen MR) is 132 cm³/mol. The minimum absolute atomic E-state index is 0.110. The summed E-state index contributed by atoms with van der Waals surface area (Å²) < 4.78 is 25.9. The summed E-state index contributed by atoms with van der Waals surface area (Å²) in [6.45, 7) is 0. The van der Waals surface area contributed by atoms with Crippen molar-refractivity contribution in [3.63, 3.8) is 0 Å². The van der Waals surface area contributed by atoms with Gasteiger partial charge in [0.05, 0.1) is 13.3 Å². The van der Waals surface area contributed by atoms with Crippen LogP contribution in [0.5, 0.6) is 5.75 Å². The number of esters is 1. The van der Waals surface area contributed by atoms with Crippen LogP contribution in [0.15, 0.2) is 90.2 Å². The Morgan fingerprint density at radius 2 is 1.69 bits per heavy atom. The van der Waals surface area contributed by atoms with Crippen molar-refractivity contribution in [2.75, 3.05) is 18.7 Å². The van der Waals surface area contributed by atoms with Gasteiger partial charge in [0.25, 0.3) is 5.91 Å². The maximum absolute atomic E-state index is 13.5. The Morgan fingerprint density at radius 1 is 1.00 bits per heavy atom. The van der Waals surface area contributed by atoms with Crippen molar-refractivity contribution >= 4 is 29.3 Å². The van der Waals surface area contributed by atoms with Gasteiger partial charge in [-0.25, -0.2) is 14.2 Å². The second-order valence-corrected chi connectivity index (χ2v) is 8.13. The maximum atomic E-state index is 13.5. The number of benzene rings is 3. The van der Waals surface area contributed by atoms with Gasteiger partial charge in [-0.2, -0.15) is 0 Å². The van der Waals surface area contributed by atoms with Gasteiger partial charge in [0, 0.05) is 16.9 Å². The molecule has 0 aliphatic heterocycles. The van der Waals surface area contributed by atoms with Crippen molar-refractivity contribution in [3.8, 4) is 11.4 Å². The fourth-order valence-corrected chi connectivity index (χ4v) is 3.96. The highest BCUT2D eigenvalue weighted by Gasteiger charge is 2.28. The molecule has 0 aliphatic rings. The van der Waals surface area contributed by atoms with Crippen molar-refractivity contribution in [2.45, 2.75) is 11.3 Å². The molecule has 4 rings (SSSR count). The van der Waals surface area contributed by atoms with Gasteiger partial charge in [-0.1, -0.05) is 42.1 Å². The van der Waals surface area contributed by atoms with E-state index in [4.69, 9.17) is 9.47 Å². The Balaban J connectivity index is 1.64. The molecule has 4 aromatic rings. The lowest BCUT2D eigenvalue weighted by Crippen LogP contribution is -2.26. The number of carbonyl (C=O) groups excluding carboxylic acids is 2. The molecule has 0 saturated carbocycles. The van der Waals surface area contributed by atoms with Crippen LogP contribution < -0.4 is 10.1 Å². The SMILES string of the molecule is COc1ccc(NC(=O)C(OC(=O)c2cnc(SC)n2-c2ccc(F)cc2)c2ccccc2)cc1. The van der Waals surface area contributed by atoms with E-state index in [0.717, 1.165) is 0 Å². The first kappa shape index (κ1) is 24.0. The number of hydrogen-bond acceptors (Lipinski definition) is 6. The third-order valence-corrected chi connectivity index (χ3v) is 5.78. The molecule has 0 radical (unpaired) electrons. The number of rotatable bonds is 8. The molecule has 9 heteroatoms. The summed E-state index contributed by atoms with van der Waals surface area (Å²) in [7, 11) is 1.55. The van der Waals surface area contributed by atoms with Crippen LogP contribution in [-0.2, 0) is 9.53 Å². The Morgan fingerprint density at radius 3 is 2.31 bits per heavy atom. The zero-order chi connectivity index (χ0) is 24.8. The molecule has 0 aliphatic carbocycles. The van der Waals surface area contributed by atoms with Gasteiger partial charge in [0.15, 0.2) is 10.9 Å². The number of amides is 1. The molecule has 1 amide bonds. The number of nitrogens with one attached hydrogen (secondary N) is 1. The van der Waals surface area contributed by atoms with E-state index in [-0.39, 0.29) is 5.69 Å².